The van der Waals surface area contributed by atoms with Gasteiger partial charge in [-0.25, -0.2) is 4.98 Å². The molecule has 3 nitrogen and oxygen atoms in total. The molecule has 1 fully saturated rings. The van der Waals surface area contributed by atoms with Crippen LogP contribution in [0.1, 0.15) is 18.5 Å². The van der Waals surface area contributed by atoms with Crippen LogP contribution in [0.2, 0.25) is 0 Å². The summed E-state index contributed by atoms with van der Waals surface area (Å²) in [6.45, 7) is 0. The van der Waals surface area contributed by atoms with Crippen molar-refractivity contribution in [2.24, 2.45) is 5.92 Å². The number of aromatic nitrogens is 2. The molecule has 1 N–H and O–H groups in total. The second kappa shape index (κ2) is 4.41. The van der Waals surface area contributed by atoms with Gasteiger partial charge in [-0.1, -0.05) is 12.1 Å². The summed E-state index contributed by atoms with van der Waals surface area (Å²) in [7, 11) is 2.04. The van der Waals surface area contributed by atoms with Gasteiger partial charge in [0.25, 0.3) is 0 Å². The van der Waals surface area contributed by atoms with E-state index >= 15 is 0 Å². The van der Waals surface area contributed by atoms with Crippen molar-refractivity contribution in [3.8, 4) is 0 Å². The first kappa shape index (κ1) is 10.7. The van der Waals surface area contributed by atoms with Crippen LogP contribution in [0.15, 0.2) is 30.5 Å². The zero-order valence-electron chi connectivity index (χ0n) is 10.1. The zero-order valence-corrected chi connectivity index (χ0v) is 10.1. The van der Waals surface area contributed by atoms with Crippen LogP contribution in [-0.4, -0.2) is 23.1 Å². The molecule has 2 aromatic rings. The van der Waals surface area contributed by atoms with Crippen LogP contribution in [0, 0.1) is 5.92 Å². The van der Waals surface area contributed by atoms with Crippen LogP contribution in [0.25, 0.3) is 11.0 Å². The molecule has 1 aliphatic carbocycles. The highest BCUT2D eigenvalue weighted by Crippen LogP contribution is 2.33. The molecule has 0 spiro atoms. The van der Waals surface area contributed by atoms with Crippen molar-refractivity contribution in [3.63, 3.8) is 0 Å². The number of para-hydroxylation sites is 2. The van der Waals surface area contributed by atoms with Gasteiger partial charge in [-0.2, -0.15) is 0 Å². The van der Waals surface area contributed by atoms with Crippen molar-refractivity contribution < 1.29 is 0 Å². The summed E-state index contributed by atoms with van der Waals surface area (Å²) in [5.41, 5.74) is 3.06. The predicted molar refractivity (Wildman–Crippen MR) is 68.8 cm³/mol. The smallest absolute Gasteiger partial charge is 0.0890 e. The fraction of sp³-hybridized carbons (Fsp3) is 0.429. The van der Waals surface area contributed by atoms with Gasteiger partial charge in [-0.3, -0.25) is 4.98 Å². The van der Waals surface area contributed by atoms with E-state index in [4.69, 9.17) is 0 Å². The highest BCUT2D eigenvalue weighted by Gasteiger charge is 2.30. The maximum absolute atomic E-state index is 4.67. The third-order valence-corrected chi connectivity index (χ3v) is 3.49. The van der Waals surface area contributed by atoms with Crippen LogP contribution < -0.4 is 5.32 Å². The number of nitrogens with zero attached hydrogens (tertiary/aromatic N) is 2. The lowest BCUT2D eigenvalue weighted by atomic mass is 10.1. The summed E-state index contributed by atoms with van der Waals surface area (Å²) in [6, 6.07) is 8.60. The van der Waals surface area contributed by atoms with Crippen LogP contribution in [0.4, 0.5) is 0 Å². The molecule has 0 amide bonds. The molecule has 1 aromatic heterocycles. The van der Waals surface area contributed by atoms with Crippen molar-refractivity contribution in [1.29, 1.82) is 0 Å². The molecule has 0 aliphatic heterocycles. The Labute approximate surface area is 101 Å². The molecule has 1 aromatic carbocycles. The van der Waals surface area contributed by atoms with E-state index in [1.165, 1.54) is 12.8 Å². The first-order chi connectivity index (χ1) is 8.36. The predicted octanol–water partition coefficient (Wildman–Crippen LogP) is 2.17. The molecule has 1 unspecified atom stereocenters. The number of likely N-dealkylation sites (N-methyl/N-ethyl adjacent to an activating group) is 1. The van der Waals surface area contributed by atoms with Gasteiger partial charge in [0.2, 0.25) is 0 Å². The summed E-state index contributed by atoms with van der Waals surface area (Å²) in [6.07, 6.45) is 5.60. The Hall–Kier alpha value is -1.48. The van der Waals surface area contributed by atoms with Gasteiger partial charge in [-0.15, -0.1) is 0 Å². The Morgan fingerprint density at radius 3 is 2.76 bits per heavy atom. The minimum Gasteiger partial charge on any atom is -0.316 e. The Morgan fingerprint density at radius 1 is 1.29 bits per heavy atom. The normalized spacial score (nSPS) is 17.2. The molecule has 1 atom stereocenters. The van der Waals surface area contributed by atoms with Crippen LogP contribution in [-0.2, 0) is 6.42 Å². The Morgan fingerprint density at radius 2 is 2.06 bits per heavy atom. The van der Waals surface area contributed by atoms with Gasteiger partial charge >= 0.3 is 0 Å². The van der Waals surface area contributed by atoms with Gasteiger partial charge < -0.3 is 5.32 Å². The van der Waals surface area contributed by atoms with Gasteiger partial charge in [0.15, 0.2) is 0 Å². The molecule has 0 saturated heterocycles. The first-order valence-corrected chi connectivity index (χ1v) is 6.25. The van der Waals surface area contributed by atoms with E-state index in [0.29, 0.717) is 6.04 Å². The maximum atomic E-state index is 4.67. The molecule has 1 heterocycles. The Bertz CT molecular complexity index is 520. The minimum absolute atomic E-state index is 0.561. The summed E-state index contributed by atoms with van der Waals surface area (Å²) in [5, 5.41) is 3.39. The minimum atomic E-state index is 0.561. The zero-order chi connectivity index (χ0) is 11.7. The number of fused-ring (bicyclic) bond motifs is 1. The molecule has 88 valence electrons. The topological polar surface area (TPSA) is 37.8 Å². The van der Waals surface area contributed by atoms with Crippen molar-refractivity contribution in [3.05, 3.63) is 36.2 Å². The van der Waals surface area contributed by atoms with E-state index in [9.17, 15) is 0 Å². The number of benzene rings is 1. The quantitative estimate of drug-likeness (QED) is 0.870. The van der Waals surface area contributed by atoms with Crippen LogP contribution in [0.5, 0.6) is 0 Å². The second-order valence-electron chi connectivity index (χ2n) is 4.79. The first-order valence-electron chi connectivity index (χ1n) is 6.25. The SMILES string of the molecule is CNC(Cc1cnc2ccccc2n1)C1CC1. The molecule has 0 bridgehead atoms. The van der Waals surface area contributed by atoms with E-state index in [2.05, 4.69) is 15.3 Å². The van der Waals surface area contributed by atoms with E-state index in [1.807, 2.05) is 37.5 Å². The number of nitrogens with one attached hydrogen (secondary N) is 1. The van der Waals surface area contributed by atoms with E-state index in [0.717, 1.165) is 29.1 Å². The fourth-order valence-electron chi connectivity index (χ4n) is 2.32. The number of rotatable bonds is 4. The highest BCUT2D eigenvalue weighted by atomic mass is 14.9. The van der Waals surface area contributed by atoms with Crippen molar-refractivity contribution in [2.75, 3.05) is 7.05 Å². The monoisotopic (exact) mass is 227 g/mol. The molecule has 1 saturated carbocycles. The Balaban J connectivity index is 1.84. The Kier molecular flexibility index (Phi) is 2.77. The molecule has 0 radical (unpaired) electrons. The van der Waals surface area contributed by atoms with Gasteiger partial charge in [0.05, 0.1) is 16.7 Å². The molecule has 3 heteroatoms. The van der Waals surface area contributed by atoms with E-state index < -0.39 is 0 Å². The average molecular weight is 227 g/mol. The molecule has 3 rings (SSSR count). The van der Waals surface area contributed by atoms with Gasteiger partial charge in [0.1, 0.15) is 0 Å². The van der Waals surface area contributed by atoms with Gasteiger partial charge in [0, 0.05) is 18.7 Å². The lowest BCUT2D eigenvalue weighted by Crippen LogP contribution is -2.30. The molecule has 17 heavy (non-hydrogen) atoms. The number of hydrogen-bond donors (Lipinski definition) is 1. The van der Waals surface area contributed by atoms with E-state index in [-0.39, 0.29) is 0 Å². The van der Waals surface area contributed by atoms with E-state index in [1.54, 1.807) is 0 Å². The fourth-order valence-corrected chi connectivity index (χ4v) is 2.32. The van der Waals surface area contributed by atoms with Crippen molar-refractivity contribution in [1.82, 2.24) is 15.3 Å². The highest BCUT2D eigenvalue weighted by molar-refractivity contribution is 5.73. The molecule has 1 aliphatic rings. The molecular formula is C14H17N3. The second-order valence-corrected chi connectivity index (χ2v) is 4.79. The van der Waals surface area contributed by atoms with Crippen LogP contribution >= 0.6 is 0 Å². The van der Waals surface area contributed by atoms with Gasteiger partial charge in [-0.05, 0) is 37.9 Å². The lowest BCUT2D eigenvalue weighted by molar-refractivity contribution is 0.495. The summed E-state index contributed by atoms with van der Waals surface area (Å²) < 4.78 is 0. The maximum Gasteiger partial charge on any atom is 0.0890 e. The third kappa shape index (κ3) is 2.29. The largest absolute Gasteiger partial charge is 0.316 e. The number of hydrogen-bond acceptors (Lipinski definition) is 3. The summed E-state index contributed by atoms with van der Waals surface area (Å²) in [5.74, 6) is 0.841. The average Bonchev–Trinajstić information content (AvgIpc) is 3.20. The molecular weight excluding hydrogens is 210 g/mol. The third-order valence-electron chi connectivity index (χ3n) is 3.49. The lowest BCUT2D eigenvalue weighted by Gasteiger charge is -2.14. The summed E-state index contributed by atoms with van der Waals surface area (Å²) >= 11 is 0. The van der Waals surface area contributed by atoms with Crippen molar-refractivity contribution >= 4 is 11.0 Å². The van der Waals surface area contributed by atoms with Crippen LogP contribution in [0.3, 0.4) is 0 Å². The standard InChI is InChI=1S/C14H17N3/c1-15-14(10-6-7-10)8-11-9-16-12-4-2-3-5-13(12)17-11/h2-5,9-10,14-15H,6-8H2,1H3. The summed E-state index contributed by atoms with van der Waals surface area (Å²) in [4.78, 5) is 9.13. The van der Waals surface area contributed by atoms with Crippen molar-refractivity contribution in [2.45, 2.75) is 25.3 Å².